The van der Waals surface area contributed by atoms with E-state index in [9.17, 15) is 18.0 Å². The lowest BCUT2D eigenvalue weighted by molar-refractivity contribution is -0.139. The number of halogens is 3. The zero-order valence-electron chi connectivity index (χ0n) is 21.8. The summed E-state index contributed by atoms with van der Waals surface area (Å²) in [5.41, 5.74) is 0.861. The van der Waals surface area contributed by atoms with Crippen molar-refractivity contribution >= 4 is 66.7 Å². The molecule has 2 amide bonds. The zero-order valence-corrected chi connectivity index (χ0v) is 25.7. The third-order valence-corrected chi connectivity index (χ3v) is 9.10. The first-order chi connectivity index (χ1) is 18.4. The van der Waals surface area contributed by atoms with E-state index in [2.05, 4.69) is 21.2 Å². The van der Waals surface area contributed by atoms with Gasteiger partial charge in [0, 0.05) is 27.1 Å². The molecule has 0 saturated heterocycles. The highest BCUT2D eigenvalue weighted by molar-refractivity contribution is 9.10. The van der Waals surface area contributed by atoms with Crippen LogP contribution in [0.25, 0.3) is 0 Å². The van der Waals surface area contributed by atoms with Crippen molar-refractivity contribution in [2.45, 2.75) is 50.7 Å². The van der Waals surface area contributed by atoms with Gasteiger partial charge in [-0.3, -0.25) is 13.9 Å². The molecule has 3 aromatic carbocycles. The van der Waals surface area contributed by atoms with Crippen molar-refractivity contribution in [3.63, 3.8) is 0 Å². The molecule has 39 heavy (non-hydrogen) atoms. The molecular weight excluding hydrogens is 625 g/mol. The van der Waals surface area contributed by atoms with Crippen LogP contribution >= 0.6 is 39.1 Å². The van der Waals surface area contributed by atoms with Gasteiger partial charge in [-0.1, -0.05) is 76.4 Å². The largest absolute Gasteiger partial charge is 0.352 e. The van der Waals surface area contributed by atoms with Crippen LogP contribution < -0.4 is 9.62 Å². The van der Waals surface area contributed by atoms with Gasteiger partial charge in [-0.2, -0.15) is 0 Å². The zero-order chi connectivity index (χ0) is 28.7. The minimum Gasteiger partial charge on any atom is -0.352 e. The van der Waals surface area contributed by atoms with Crippen molar-refractivity contribution in [3.8, 4) is 0 Å². The van der Waals surface area contributed by atoms with E-state index in [1.54, 1.807) is 67.6 Å². The minimum absolute atomic E-state index is 0.0262. The van der Waals surface area contributed by atoms with Gasteiger partial charge in [0.25, 0.3) is 10.0 Å². The van der Waals surface area contributed by atoms with Crippen LogP contribution in [0.3, 0.4) is 0 Å². The number of carbonyl (C=O) groups excluding carboxylic acids is 2. The van der Waals surface area contributed by atoms with Gasteiger partial charge in [0.1, 0.15) is 12.6 Å². The third kappa shape index (κ3) is 7.97. The van der Waals surface area contributed by atoms with Crippen LogP contribution in [0.5, 0.6) is 0 Å². The highest BCUT2D eigenvalue weighted by atomic mass is 79.9. The molecule has 0 aromatic heterocycles. The van der Waals surface area contributed by atoms with Gasteiger partial charge in [0.15, 0.2) is 0 Å². The van der Waals surface area contributed by atoms with Crippen molar-refractivity contribution in [3.05, 3.63) is 92.9 Å². The molecule has 0 aliphatic carbocycles. The molecule has 0 aliphatic rings. The maximum absolute atomic E-state index is 13.9. The molecule has 208 valence electrons. The molecule has 0 saturated carbocycles. The molecule has 3 rings (SSSR count). The fraction of sp³-hybridized carbons (Fsp3) is 0.286. The quantitative estimate of drug-likeness (QED) is 0.264. The Morgan fingerprint density at radius 1 is 0.974 bits per heavy atom. The maximum atomic E-state index is 13.9. The molecule has 2 atom stereocenters. The van der Waals surface area contributed by atoms with Crippen LogP contribution in [-0.4, -0.2) is 43.8 Å². The Morgan fingerprint density at radius 2 is 1.67 bits per heavy atom. The maximum Gasteiger partial charge on any atom is 0.264 e. The van der Waals surface area contributed by atoms with E-state index in [4.69, 9.17) is 23.2 Å². The van der Waals surface area contributed by atoms with Crippen molar-refractivity contribution in [1.29, 1.82) is 0 Å². The first-order valence-corrected chi connectivity index (χ1v) is 15.3. The average Bonchev–Trinajstić information content (AvgIpc) is 2.91. The second-order valence-electron chi connectivity index (χ2n) is 9.06. The lowest BCUT2D eigenvalue weighted by atomic mass is 10.1. The van der Waals surface area contributed by atoms with E-state index >= 15 is 0 Å². The summed E-state index contributed by atoms with van der Waals surface area (Å²) in [6.45, 7) is 4.85. The molecule has 1 N–H and O–H groups in total. The topological polar surface area (TPSA) is 86.8 Å². The van der Waals surface area contributed by atoms with Crippen molar-refractivity contribution in [2.24, 2.45) is 0 Å². The van der Waals surface area contributed by atoms with Gasteiger partial charge < -0.3 is 10.2 Å². The second kappa shape index (κ2) is 13.7. The Morgan fingerprint density at radius 3 is 2.28 bits per heavy atom. The molecule has 0 heterocycles. The summed E-state index contributed by atoms with van der Waals surface area (Å²) in [6.07, 6.45) is 0.710. The molecular formula is C28H30BrCl2N3O4S. The van der Waals surface area contributed by atoms with Gasteiger partial charge >= 0.3 is 0 Å². The fourth-order valence-electron chi connectivity index (χ4n) is 3.76. The van der Waals surface area contributed by atoms with Crippen LogP contribution in [0.1, 0.15) is 32.8 Å². The first-order valence-electron chi connectivity index (χ1n) is 12.3. The lowest BCUT2D eigenvalue weighted by Gasteiger charge is -2.32. The smallest absolute Gasteiger partial charge is 0.264 e. The summed E-state index contributed by atoms with van der Waals surface area (Å²) in [5.74, 6) is -0.935. The van der Waals surface area contributed by atoms with E-state index in [0.717, 1.165) is 4.31 Å². The van der Waals surface area contributed by atoms with E-state index in [1.165, 1.54) is 17.0 Å². The minimum atomic E-state index is -4.13. The van der Waals surface area contributed by atoms with Crippen LogP contribution in [0, 0.1) is 0 Å². The number of anilines is 1. The number of sulfonamides is 1. The van der Waals surface area contributed by atoms with Crippen molar-refractivity contribution < 1.29 is 18.0 Å². The van der Waals surface area contributed by atoms with E-state index in [0.29, 0.717) is 32.2 Å². The molecule has 0 unspecified atom stereocenters. The van der Waals surface area contributed by atoms with Gasteiger partial charge in [-0.25, -0.2) is 8.42 Å². The number of amides is 2. The molecule has 0 spiro atoms. The molecule has 7 nitrogen and oxygen atoms in total. The van der Waals surface area contributed by atoms with Crippen molar-refractivity contribution in [1.82, 2.24) is 10.2 Å². The van der Waals surface area contributed by atoms with E-state index in [1.807, 2.05) is 13.8 Å². The number of benzene rings is 3. The Balaban J connectivity index is 2.04. The fourth-order valence-corrected chi connectivity index (χ4v) is 6.04. The second-order valence-corrected chi connectivity index (χ2v) is 12.7. The Bertz CT molecular complexity index is 1420. The number of hydrogen-bond donors (Lipinski definition) is 1. The highest BCUT2D eigenvalue weighted by Gasteiger charge is 2.33. The number of hydrogen-bond acceptors (Lipinski definition) is 4. The summed E-state index contributed by atoms with van der Waals surface area (Å²) < 4.78 is 29.2. The Kier molecular flexibility index (Phi) is 10.8. The SMILES string of the molecule is CC[C@@H](C)NC(=O)[C@@H](C)N(Cc1ccc(Cl)cc1Cl)C(=O)CN(c1cccc(Br)c1)S(=O)(=O)c1ccccc1. The number of rotatable bonds is 11. The van der Waals surface area contributed by atoms with Gasteiger partial charge in [0.2, 0.25) is 11.8 Å². The summed E-state index contributed by atoms with van der Waals surface area (Å²) in [7, 11) is -4.13. The summed E-state index contributed by atoms with van der Waals surface area (Å²) >= 11 is 15.8. The van der Waals surface area contributed by atoms with Gasteiger partial charge in [-0.15, -0.1) is 0 Å². The van der Waals surface area contributed by atoms with Crippen molar-refractivity contribution in [2.75, 3.05) is 10.8 Å². The summed E-state index contributed by atoms with van der Waals surface area (Å²) in [4.78, 5) is 28.4. The number of carbonyl (C=O) groups is 2. The van der Waals surface area contributed by atoms with Gasteiger partial charge in [0.05, 0.1) is 10.6 Å². The van der Waals surface area contributed by atoms with Gasteiger partial charge in [-0.05, 0) is 68.3 Å². The van der Waals surface area contributed by atoms with Crippen LogP contribution in [0.2, 0.25) is 10.0 Å². The van der Waals surface area contributed by atoms with E-state index in [-0.39, 0.29) is 23.4 Å². The standard InChI is InChI=1S/C28H30BrCl2N3O4S/c1-4-19(2)32-28(36)20(3)33(17-21-13-14-23(30)16-26(21)31)27(35)18-34(24-10-8-9-22(29)15-24)39(37,38)25-11-6-5-7-12-25/h5-16,19-20H,4,17-18H2,1-3H3,(H,32,36)/t19-,20-/m1/s1. The van der Waals surface area contributed by atoms with Crippen LogP contribution in [-0.2, 0) is 26.2 Å². The predicted molar refractivity (Wildman–Crippen MR) is 159 cm³/mol. The Labute approximate surface area is 248 Å². The summed E-state index contributed by atoms with van der Waals surface area (Å²) in [6, 6.07) is 18.4. The van der Waals surface area contributed by atoms with Crippen LogP contribution in [0.4, 0.5) is 5.69 Å². The molecule has 0 aliphatic heterocycles. The third-order valence-electron chi connectivity index (χ3n) is 6.23. The monoisotopic (exact) mass is 653 g/mol. The normalized spacial score (nSPS) is 12.9. The molecule has 3 aromatic rings. The highest BCUT2D eigenvalue weighted by Crippen LogP contribution is 2.28. The molecule has 0 radical (unpaired) electrons. The number of nitrogens with zero attached hydrogens (tertiary/aromatic N) is 2. The summed E-state index contributed by atoms with van der Waals surface area (Å²) in [5, 5.41) is 3.66. The first kappa shape index (κ1) is 30.9. The Hall–Kier alpha value is -2.59. The van der Waals surface area contributed by atoms with Crippen LogP contribution in [0.15, 0.2) is 82.2 Å². The predicted octanol–water partition coefficient (Wildman–Crippen LogP) is 6.28. The van der Waals surface area contributed by atoms with E-state index < -0.39 is 28.5 Å². The molecule has 11 heteroatoms. The lowest BCUT2D eigenvalue weighted by Crippen LogP contribution is -2.52. The molecule has 0 fully saturated rings. The average molecular weight is 655 g/mol. The number of nitrogens with one attached hydrogen (secondary N) is 1. The molecule has 0 bridgehead atoms.